The monoisotopic (exact) mass is 214 g/mol. The van der Waals surface area contributed by atoms with Crippen LogP contribution in [0.3, 0.4) is 0 Å². The summed E-state index contributed by atoms with van der Waals surface area (Å²) in [6.45, 7) is 0.498. The minimum atomic E-state index is -0.965. The Morgan fingerprint density at radius 1 is 1.40 bits per heavy atom. The van der Waals surface area contributed by atoms with Crippen molar-refractivity contribution in [3.05, 3.63) is 0 Å². The van der Waals surface area contributed by atoms with E-state index in [2.05, 4.69) is 0 Å². The van der Waals surface area contributed by atoms with Gasteiger partial charge >= 0.3 is 5.97 Å². The molecule has 1 aliphatic rings. The number of carbonyl (C=O) groups excluding carboxylic acids is 2. The van der Waals surface area contributed by atoms with Crippen LogP contribution in [0.4, 0.5) is 0 Å². The highest BCUT2D eigenvalue weighted by atomic mass is 16.4. The Hall–Kier alpha value is -1.59. The summed E-state index contributed by atoms with van der Waals surface area (Å²) in [5, 5.41) is 8.49. The molecule has 1 aliphatic heterocycles. The maximum absolute atomic E-state index is 11.5. The summed E-state index contributed by atoms with van der Waals surface area (Å²) in [6.07, 6.45) is 0.143. The summed E-state index contributed by atoms with van der Waals surface area (Å²) in [5.74, 6) is -1.27. The van der Waals surface area contributed by atoms with Crippen LogP contribution in [-0.2, 0) is 14.4 Å². The fraction of sp³-hybridized carbons (Fsp3) is 0.667. The van der Waals surface area contributed by atoms with E-state index >= 15 is 0 Å². The Morgan fingerprint density at radius 2 is 2.07 bits per heavy atom. The van der Waals surface area contributed by atoms with Crippen LogP contribution in [0.25, 0.3) is 0 Å². The molecule has 2 amide bonds. The van der Waals surface area contributed by atoms with Crippen LogP contribution in [0, 0.1) is 0 Å². The van der Waals surface area contributed by atoms with Gasteiger partial charge in [-0.25, -0.2) is 0 Å². The van der Waals surface area contributed by atoms with Gasteiger partial charge in [-0.15, -0.1) is 0 Å². The molecular formula is C9H14N2O4. The molecule has 0 atom stereocenters. The van der Waals surface area contributed by atoms with Gasteiger partial charge in [0.15, 0.2) is 0 Å². The largest absolute Gasteiger partial charge is 0.481 e. The highest BCUT2D eigenvalue weighted by Gasteiger charge is 2.24. The van der Waals surface area contributed by atoms with Gasteiger partial charge in [0.2, 0.25) is 11.8 Å². The number of carboxylic acids is 1. The van der Waals surface area contributed by atoms with Crippen LogP contribution in [0.5, 0.6) is 0 Å². The quantitative estimate of drug-likeness (QED) is 0.664. The van der Waals surface area contributed by atoms with Crippen LogP contribution in [0.1, 0.15) is 12.8 Å². The fourth-order valence-corrected chi connectivity index (χ4v) is 1.35. The molecule has 0 aromatic carbocycles. The summed E-state index contributed by atoms with van der Waals surface area (Å²) in [5.41, 5.74) is 0. The summed E-state index contributed by atoms with van der Waals surface area (Å²) in [7, 11) is 1.64. The third-order valence-corrected chi connectivity index (χ3v) is 2.36. The first kappa shape index (κ1) is 11.5. The Bertz CT molecular complexity index is 290. The molecule has 1 fully saturated rings. The molecule has 1 rings (SSSR count). The van der Waals surface area contributed by atoms with Crippen LogP contribution in [0.15, 0.2) is 0 Å². The Balaban J connectivity index is 2.57. The number of carboxylic acid groups (broad SMARTS) is 1. The topological polar surface area (TPSA) is 77.9 Å². The highest BCUT2D eigenvalue weighted by molar-refractivity contribution is 5.87. The minimum Gasteiger partial charge on any atom is -0.481 e. The molecular weight excluding hydrogens is 200 g/mol. The van der Waals surface area contributed by atoms with E-state index in [1.54, 1.807) is 7.05 Å². The van der Waals surface area contributed by atoms with Crippen molar-refractivity contribution in [1.29, 1.82) is 0 Å². The molecule has 0 aliphatic carbocycles. The van der Waals surface area contributed by atoms with Crippen molar-refractivity contribution < 1.29 is 19.5 Å². The van der Waals surface area contributed by atoms with E-state index in [9.17, 15) is 14.4 Å². The minimum absolute atomic E-state index is 0.0113. The third kappa shape index (κ3) is 3.23. The molecule has 1 heterocycles. The second-order valence-electron chi connectivity index (χ2n) is 3.52. The summed E-state index contributed by atoms with van der Waals surface area (Å²) >= 11 is 0. The molecule has 6 nitrogen and oxygen atoms in total. The van der Waals surface area contributed by atoms with Crippen molar-refractivity contribution in [3.8, 4) is 0 Å². The molecule has 0 saturated carbocycles. The Kier molecular flexibility index (Phi) is 3.65. The number of aliphatic carboxylic acids is 1. The smallest absolute Gasteiger partial charge is 0.305 e. The van der Waals surface area contributed by atoms with Gasteiger partial charge in [0.05, 0.1) is 13.0 Å². The standard InChI is InChI=1S/C9H14N2O4/c1-10-4-2-7(12)11(6-8(10)13)5-3-9(14)15/h2-6H2,1H3,(H,14,15). The third-order valence-electron chi connectivity index (χ3n) is 2.36. The lowest BCUT2D eigenvalue weighted by atomic mass is 10.3. The number of hydrogen-bond acceptors (Lipinski definition) is 3. The molecule has 0 spiro atoms. The molecule has 0 unspecified atom stereocenters. The first-order chi connectivity index (χ1) is 7.00. The van der Waals surface area contributed by atoms with Gasteiger partial charge in [0.1, 0.15) is 0 Å². The SMILES string of the molecule is CN1CCC(=O)N(CCC(=O)O)CC1=O. The lowest BCUT2D eigenvalue weighted by Crippen LogP contribution is -2.37. The molecule has 0 radical (unpaired) electrons. The van der Waals surface area contributed by atoms with Crippen molar-refractivity contribution in [2.24, 2.45) is 0 Å². The van der Waals surface area contributed by atoms with Gasteiger partial charge in [0, 0.05) is 26.6 Å². The molecule has 0 aromatic heterocycles. The molecule has 6 heteroatoms. The van der Waals surface area contributed by atoms with Crippen molar-refractivity contribution >= 4 is 17.8 Å². The predicted octanol–water partition coefficient (Wildman–Crippen LogP) is -0.848. The first-order valence-electron chi connectivity index (χ1n) is 4.74. The number of hydrogen-bond donors (Lipinski definition) is 1. The maximum atomic E-state index is 11.5. The first-order valence-corrected chi connectivity index (χ1v) is 4.74. The molecule has 0 bridgehead atoms. The predicted molar refractivity (Wildman–Crippen MR) is 51.1 cm³/mol. The van der Waals surface area contributed by atoms with E-state index < -0.39 is 5.97 Å². The van der Waals surface area contributed by atoms with E-state index in [-0.39, 0.29) is 37.7 Å². The molecule has 0 aromatic rings. The van der Waals surface area contributed by atoms with Gasteiger partial charge in [-0.3, -0.25) is 14.4 Å². The Morgan fingerprint density at radius 3 is 2.67 bits per heavy atom. The van der Waals surface area contributed by atoms with Crippen molar-refractivity contribution in [2.45, 2.75) is 12.8 Å². The van der Waals surface area contributed by atoms with E-state index in [0.29, 0.717) is 6.54 Å². The number of likely N-dealkylation sites (N-methyl/N-ethyl adjacent to an activating group) is 1. The number of amides is 2. The van der Waals surface area contributed by atoms with Gasteiger partial charge in [-0.05, 0) is 0 Å². The molecule has 1 N–H and O–H groups in total. The van der Waals surface area contributed by atoms with Gasteiger partial charge in [-0.2, -0.15) is 0 Å². The zero-order valence-electron chi connectivity index (χ0n) is 8.60. The Labute approximate surface area is 87.5 Å². The van der Waals surface area contributed by atoms with Crippen molar-refractivity contribution in [3.63, 3.8) is 0 Å². The van der Waals surface area contributed by atoms with E-state index in [0.717, 1.165) is 0 Å². The van der Waals surface area contributed by atoms with Gasteiger partial charge < -0.3 is 14.9 Å². The lowest BCUT2D eigenvalue weighted by Gasteiger charge is -2.18. The van der Waals surface area contributed by atoms with Gasteiger partial charge in [-0.1, -0.05) is 0 Å². The fourth-order valence-electron chi connectivity index (χ4n) is 1.35. The normalized spacial score (nSPS) is 17.9. The van der Waals surface area contributed by atoms with Crippen LogP contribution in [0.2, 0.25) is 0 Å². The zero-order chi connectivity index (χ0) is 11.4. The highest BCUT2D eigenvalue weighted by Crippen LogP contribution is 2.04. The average molecular weight is 214 g/mol. The zero-order valence-corrected chi connectivity index (χ0v) is 8.60. The van der Waals surface area contributed by atoms with Crippen molar-refractivity contribution in [2.75, 3.05) is 26.7 Å². The summed E-state index contributed by atoms with van der Waals surface area (Å²) in [6, 6.07) is 0. The van der Waals surface area contributed by atoms with E-state index in [1.165, 1.54) is 9.80 Å². The van der Waals surface area contributed by atoms with E-state index in [4.69, 9.17) is 5.11 Å². The van der Waals surface area contributed by atoms with Crippen LogP contribution < -0.4 is 0 Å². The number of nitrogens with zero attached hydrogens (tertiary/aromatic N) is 2. The second kappa shape index (κ2) is 4.77. The van der Waals surface area contributed by atoms with E-state index in [1.807, 2.05) is 0 Å². The molecule has 15 heavy (non-hydrogen) atoms. The number of rotatable bonds is 3. The van der Waals surface area contributed by atoms with Crippen molar-refractivity contribution in [1.82, 2.24) is 9.80 Å². The summed E-state index contributed by atoms with van der Waals surface area (Å²) in [4.78, 5) is 36.0. The average Bonchev–Trinajstić information content (AvgIpc) is 2.29. The summed E-state index contributed by atoms with van der Waals surface area (Å²) < 4.78 is 0. The second-order valence-corrected chi connectivity index (χ2v) is 3.52. The molecule has 84 valence electrons. The lowest BCUT2D eigenvalue weighted by molar-refractivity contribution is -0.140. The van der Waals surface area contributed by atoms with Crippen LogP contribution >= 0.6 is 0 Å². The van der Waals surface area contributed by atoms with Gasteiger partial charge in [0.25, 0.3) is 0 Å². The maximum Gasteiger partial charge on any atom is 0.305 e. The van der Waals surface area contributed by atoms with Crippen LogP contribution in [-0.4, -0.2) is 59.4 Å². The molecule has 1 saturated heterocycles. The number of carbonyl (C=O) groups is 3.